The Morgan fingerprint density at radius 2 is 0.435 bits per heavy atom. The van der Waals surface area contributed by atoms with E-state index in [4.69, 9.17) is 0 Å². The second-order valence-electron chi connectivity index (χ2n) is 18.7. The number of fused-ring (bicyclic) bond motifs is 17. The third-order valence-electron chi connectivity index (χ3n) is 11.3. The Kier molecular flexibility index (Phi) is 5.39. The normalized spacial score (nSPS) is 14.5. The highest BCUT2D eigenvalue weighted by Gasteiger charge is 2.32. The molecule has 9 aromatic carbocycles. The summed E-state index contributed by atoms with van der Waals surface area (Å²) < 4.78 is 0. The van der Waals surface area contributed by atoms with Gasteiger partial charge in [-0.2, -0.15) is 0 Å². The van der Waals surface area contributed by atoms with Crippen LogP contribution in [-0.4, -0.2) is 32.3 Å². The van der Waals surface area contributed by atoms with Gasteiger partial charge in [0.25, 0.3) is 0 Å². The third kappa shape index (κ3) is 3.65. The van der Waals surface area contributed by atoms with E-state index in [-0.39, 0.29) is 0 Å². The molecule has 0 aliphatic heterocycles. The Bertz CT molecular complexity index is 2510. The molecule has 0 nitrogen and oxygen atoms in total. The summed E-state index contributed by atoms with van der Waals surface area (Å²) in [6.07, 6.45) is 0. The van der Waals surface area contributed by atoms with Gasteiger partial charge in [-0.3, -0.25) is 0 Å². The van der Waals surface area contributed by atoms with Crippen molar-refractivity contribution in [1.82, 2.24) is 0 Å². The van der Waals surface area contributed by atoms with Gasteiger partial charge in [-0.15, -0.1) is 0 Å². The first-order chi connectivity index (χ1) is 21.3. The Morgan fingerprint density at radius 3 is 0.674 bits per heavy atom. The minimum Gasteiger partial charge on any atom is -0.0656 e. The molecule has 0 bridgehead atoms. The zero-order chi connectivity index (χ0) is 32.6. The molecule has 0 amide bonds. The van der Waals surface area contributed by atoms with Gasteiger partial charge >= 0.3 is 0 Å². The lowest BCUT2D eigenvalue weighted by atomic mass is 9.79. The predicted octanol–water partition coefficient (Wildman–Crippen LogP) is 10.8. The number of benzene rings is 5. The topological polar surface area (TPSA) is 0 Å². The quantitative estimate of drug-likeness (QED) is 0.165. The highest BCUT2D eigenvalue weighted by molar-refractivity contribution is 6.99. The van der Waals surface area contributed by atoms with E-state index in [0.717, 1.165) is 0 Å². The molecule has 0 radical (unpaired) electrons. The molecular formula is C42H46Si4. The molecule has 0 aromatic heterocycles. The van der Waals surface area contributed by atoms with Gasteiger partial charge in [0.2, 0.25) is 0 Å². The molecule has 0 atom stereocenters. The van der Waals surface area contributed by atoms with Gasteiger partial charge in [0.05, 0.1) is 32.3 Å². The minimum absolute atomic E-state index is 1.45. The van der Waals surface area contributed by atoms with Crippen LogP contribution in [0.25, 0.3) is 86.2 Å². The second-order valence-corrected chi connectivity index (χ2v) is 38.8. The predicted molar refractivity (Wildman–Crippen MR) is 223 cm³/mol. The highest BCUT2D eigenvalue weighted by atomic mass is 28.3. The lowest BCUT2D eigenvalue weighted by Gasteiger charge is -2.31. The van der Waals surface area contributed by atoms with E-state index in [9.17, 15) is 0 Å². The van der Waals surface area contributed by atoms with Gasteiger partial charge in [-0.25, -0.2) is 0 Å². The van der Waals surface area contributed by atoms with Crippen LogP contribution in [0.4, 0.5) is 0 Å². The van der Waals surface area contributed by atoms with E-state index in [1.807, 2.05) is 0 Å². The van der Waals surface area contributed by atoms with Crippen molar-refractivity contribution in [3.63, 3.8) is 0 Å². The maximum absolute atomic E-state index is 2.61. The molecule has 0 N–H and O–H groups in total. The first-order valence-electron chi connectivity index (χ1n) is 17.3. The van der Waals surface area contributed by atoms with Gasteiger partial charge < -0.3 is 0 Å². The number of hydrogen-bond acceptors (Lipinski definition) is 0. The summed E-state index contributed by atoms with van der Waals surface area (Å²) in [5.41, 5.74) is 0. The zero-order valence-corrected chi connectivity index (χ0v) is 33.8. The van der Waals surface area contributed by atoms with Crippen molar-refractivity contribution in [3.05, 3.63) is 60.7 Å². The molecule has 0 aliphatic carbocycles. The summed E-state index contributed by atoms with van der Waals surface area (Å²) >= 11 is 0. The van der Waals surface area contributed by atoms with Crippen molar-refractivity contribution in [2.24, 2.45) is 0 Å². The van der Waals surface area contributed by atoms with E-state index in [2.05, 4.69) is 139 Å². The van der Waals surface area contributed by atoms with Crippen LogP contribution >= 0.6 is 0 Å². The van der Waals surface area contributed by atoms with Crippen molar-refractivity contribution in [2.75, 3.05) is 0 Å². The highest BCUT2D eigenvalue weighted by Crippen LogP contribution is 2.51. The average Bonchev–Trinajstić information content (AvgIpc) is 2.92. The van der Waals surface area contributed by atoms with E-state index in [1.54, 1.807) is 20.7 Å². The molecule has 0 aliphatic rings. The Labute approximate surface area is 277 Å². The first-order valence-corrected chi connectivity index (χ1v) is 31.3. The third-order valence-corrected chi connectivity index (χ3v) is 20.0. The van der Waals surface area contributed by atoms with Crippen molar-refractivity contribution in [3.8, 4) is 0 Å². The lowest BCUT2D eigenvalue weighted by molar-refractivity contribution is 1.69. The summed E-state index contributed by atoms with van der Waals surface area (Å²) in [5, 5.41) is 30.3. The molecular weight excluding hydrogens is 617 g/mol. The van der Waals surface area contributed by atoms with E-state index in [1.165, 1.54) is 86.2 Å². The van der Waals surface area contributed by atoms with Crippen LogP contribution < -0.4 is 20.7 Å². The zero-order valence-electron chi connectivity index (χ0n) is 29.8. The van der Waals surface area contributed by atoms with Crippen molar-refractivity contribution >= 4 is 139 Å². The first kappa shape index (κ1) is 29.1. The molecule has 230 valence electrons. The summed E-state index contributed by atoms with van der Waals surface area (Å²) in [5.74, 6) is 0. The Balaban J connectivity index is 1.27. The van der Waals surface area contributed by atoms with Crippen LogP contribution in [0, 0.1) is 0 Å². The molecule has 9 rings (SSSR count). The SMILES string of the molecule is C[Si](C)(C)c1cc2c(cc1[Si](C)(C)C)c1cc3c(cc21)c1ccc2c4cc5c6cc([Si](C)(C)C)c([Si](C)(C)C)cc6c5cc4c2c13. The molecule has 0 spiro atoms. The van der Waals surface area contributed by atoms with E-state index >= 15 is 0 Å². The fourth-order valence-corrected chi connectivity index (χ4v) is 19.2. The standard InChI is InChI=1S/C42H46Si4/c1-43(2,3)37-19-31-27-15-25-23-13-14-24-26-16-28-30(34-22-40(46(10,11)12)38(20-32(28)34)44(4,5)6)18-36(26)42(24)41(23)35(25)17-29(27)33(31)21-39(37)45(7,8)9/h13-22H,1-12H3. The molecule has 0 heterocycles. The summed E-state index contributed by atoms with van der Waals surface area (Å²) in [4.78, 5) is 0. The van der Waals surface area contributed by atoms with Gasteiger partial charge in [0.1, 0.15) is 0 Å². The monoisotopic (exact) mass is 662 g/mol. The minimum atomic E-state index is -1.46. The molecule has 0 fully saturated rings. The molecule has 0 unspecified atom stereocenters. The number of hydrogen-bond donors (Lipinski definition) is 0. The van der Waals surface area contributed by atoms with E-state index < -0.39 is 32.3 Å². The number of rotatable bonds is 4. The average molecular weight is 663 g/mol. The molecule has 4 heteroatoms. The second kappa shape index (κ2) is 8.51. The van der Waals surface area contributed by atoms with Gasteiger partial charge in [0.15, 0.2) is 0 Å². The van der Waals surface area contributed by atoms with E-state index in [0.29, 0.717) is 0 Å². The molecule has 0 saturated carbocycles. The van der Waals surface area contributed by atoms with Gasteiger partial charge in [-0.1, -0.05) is 136 Å². The van der Waals surface area contributed by atoms with Crippen molar-refractivity contribution in [2.45, 2.75) is 78.6 Å². The van der Waals surface area contributed by atoms with Crippen LogP contribution in [0.3, 0.4) is 0 Å². The smallest absolute Gasteiger partial charge is 0.0656 e. The van der Waals surface area contributed by atoms with Gasteiger partial charge in [-0.05, 0) is 110 Å². The van der Waals surface area contributed by atoms with Crippen molar-refractivity contribution < 1.29 is 0 Å². The fraction of sp³-hybridized carbons (Fsp3) is 0.286. The fourth-order valence-electron chi connectivity index (χ4n) is 8.88. The summed E-state index contributed by atoms with van der Waals surface area (Å²) in [6.45, 7) is 30.2. The molecule has 46 heavy (non-hydrogen) atoms. The molecule has 9 aromatic rings. The lowest BCUT2D eigenvalue weighted by Crippen LogP contribution is -2.56. The van der Waals surface area contributed by atoms with Crippen LogP contribution in [0.5, 0.6) is 0 Å². The van der Waals surface area contributed by atoms with Crippen LogP contribution in [0.2, 0.25) is 78.6 Å². The largest absolute Gasteiger partial charge is 0.0774 e. The Morgan fingerprint density at radius 1 is 0.239 bits per heavy atom. The maximum Gasteiger partial charge on any atom is 0.0774 e. The van der Waals surface area contributed by atoms with Crippen LogP contribution in [-0.2, 0) is 0 Å². The van der Waals surface area contributed by atoms with Crippen LogP contribution in [0.15, 0.2) is 60.7 Å². The molecule has 0 saturated heterocycles. The van der Waals surface area contributed by atoms with Crippen molar-refractivity contribution in [1.29, 1.82) is 0 Å². The summed E-state index contributed by atoms with van der Waals surface area (Å²) in [6, 6.07) is 25.4. The Hall–Kier alpha value is -3.03. The van der Waals surface area contributed by atoms with Gasteiger partial charge in [0, 0.05) is 0 Å². The maximum atomic E-state index is 2.61. The van der Waals surface area contributed by atoms with Crippen LogP contribution in [0.1, 0.15) is 0 Å². The summed E-state index contributed by atoms with van der Waals surface area (Å²) in [7, 11) is -5.82.